The van der Waals surface area contributed by atoms with Crippen LogP contribution in [0.25, 0.3) is 21.8 Å². The minimum atomic E-state index is -0.216. The maximum atomic E-state index is 12.6. The molecule has 0 saturated heterocycles. The molecule has 0 atom stereocenters. The minimum absolute atomic E-state index is 0.216. The molecule has 0 fully saturated rings. The number of aromatic nitrogens is 2. The number of carbonyl (C=O) groups excluding carboxylic acids is 2. The average Bonchev–Trinajstić information content (AvgIpc) is 2.94. The Morgan fingerprint density at radius 2 is 1.00 bits per heavy atom. The second-order valence-electron chi connectivity index (χ2n) is 9.30. The van der Waals surface area contributed by atoms with Gasteiger partial charge in [0.1, 0.15) is 0 Å². The van der Waals surface area contributed by atoms with Gasteiger partial charge in [0.25, 0.3) is 0 Å². The molecule has 0 spiro atoms. The number of halogens is 2. The molecular formula is C30H28Cl2N6O2. The lowest BCUT2D eigenvalue weighted by Crippen LogP contribution is -2.31. The molecule has 0 radical (unpaired) electrons. The van der Waals surface area contributed by atoms with Gasteiger partial charge in [-0.05, 0) is 61.4 Å². The first kappa shape index (κ1) is 27.4. The zero-order valence-corrected chi connectivity index (χ0v) is 23.1. The number of pyridine rings is 2. The van der Waals surface area contributed by atoms with Crippen molar-refractivity contribution in [1.82, 2.24) is 20.6 Å². The van der Waals surface area contributed by atoms with Crippen molar-refractivity contribution in [2.75, 3.05) is 36.8 Å². The summed E-state index contributed by atoms with van der Waals surface area (Å²) >= 11 is 12.1. The minimum Gasteiger partial charge on any atom is -0.384 e. The van der Waals surface area contributed by atoms with E-state index in [9.17, 15) is 9.59 Å². The first-order valence-electron chi connectivity index (χ1n) is 13.0. The maximum Gasteiger partial charge on any atom is 0.203 e. The van der Waals surface area contributed by atoms with E-state index in [1.165, 1.54) is 12.2 Å². The van der Waals surface area contributed by atoms with Crippen LogP contribution >= 0.6 is 23.2 Å². The zero-order chi connectivity index (χ0) is 27.9. The van der Waals surface area contributed by atoms with Gasteiger partial charge in [-0.3, -0.25) is 19.6 Å². The Labute approximate surface area is 241 Å². The molecule has 1 aliphatic carbocycles. The van der Waals surface area contributed by atoms with Crippen molar-refractivity contribution in [1.29, 1.82) is 0 Å². The number of ketones is 2. The molecule has 10 heteroatoms. The standard InChI is InChI=1S/C30H28Cl2N6O2/c31-19-3-5-21-23(7-13-37-25(21)15-19)33-9-1-11-35-27-17-30(40)28(18-29(27)39)36-12-2-10-34-24-8-14-38-26-16-20(32)4-6-22(24)26/h3-8,13-18,35-36H,1-2,9-12H2,(H,33,37)(H,34,38). The average molecular weight is 576 g/mol. The summed E-state index contributed by atoms with van der Waals surface area (Å²) in [5, 5.41) is 16.3. The molecule has 2 heterocycles. The van der Waals surface area contributed by atoms with Gasteiger partial charge in [-0.2, -0.15) is 0 Å². The molecule has 204 valence electrons. The van der Waals surface area contributed by atoms with E-state index in [1.807, 2.05) is 48.5 Å². The van der Waals surface area contributed by atoms with Crippen LogP contribution in [0.15, 0.2) is 84.5 Å². The lowest BCUT2D eigenvalue weighted by molar-refractivity contribution is -0.115. The molecule has 2 aromatic carbocycles. The van der Waals surface area contributed by atoms with Gasteiger partial charge in [0.05, 0.1) is 22.4 Å². The first-order valence-corrected chi connectivity index (χ1v) is 13.8. The fourth-order valence-electron chi connectivity index (χ4n) is 4.46. The SMILES string of the molecule is O=C1C=C(NCCCNc2ccnc3cc(Cl)ccc23)C(=O)C=C1NCCCNc1ccnc2cc(Cl)ccc12. The molecule has 40 heavy (non-hydrogen) atoms. The van der Waals surface area contributed by atoms with Crippen LogP contribution in [-0.4, -0.2) is 47.7 Å². The van der Waals surface area contributed by atoms with Crippen LogP contribution in [0.4, 0.5) is 11.4 Å². The van der Waals surface area contributed by atoms with Crippen molar-refractivity contribution in [3.8, 4) is 0 Å². The van der Waals surface area contributed by atoms with Crippen molar-refractivity contribution in [3.05, 3.63) is 94.5 Å². The summed E-state index contributed by atoms with van der Waals surface area (Å²) in [6, 6.07) is 15.1. The highest BCUT2D eigenvalue weighted by molar-refractivity contribution is 6.31. The van der Waals surface area contributed by atoms with E-state index >= 15 is 0 Å². The topological polar surface area (TPSA) is 108 Å². The number of hydrogen-bond donors (Lipinski definition) is 4. The second kappa shape index (κ2) is 12.8. The normalized spacial score (nSPS) is 13.2. The molecule has 0 bridgehead atoms. The Morgan fingerprint density at radius 3 is 1.45 bits per heavy atom. The summed E-state index contributed by atoms with van der Waals surface area (Å²) < 4.78 is 0. The number of benzene rings is 2. The van der Waals surface area contributed by atoms with Gasteiger partial charge in [-0.15, -0.1) is 0 Å². The first-order chi connectivity index (χ1) is 19.5. The molecular weight excluding hydrogens is 547 g/mol. The monoisotopic (exact) mass is 574 g/mol. The van der Waals surface area contributed by atoms with Gasteiger partial charge in [0.2, 0.25) is 11.6 Å². The lowest BCUT2D eigenvalue weighted by Gasteiger charge is -2.16. The third-order valence-corrected chi connectivity index (χ3v) is 6.93. The van der Waals surface area contributed by atoms with Crippen molar-refractivity contribution in [3.63, 3.8) is 0 Å². The number of carbonyl (C=O) groups is 2. The summed E-state index contributed by atoms with van der Waals surface area (Å²) in [5.74, 6) is -0.431. The van der Waals surface area contributed by atoms with Crippen molar-refractivity contribution < 1.29 is 9.59 Å². The Balaban J connectivity index is 1.03. The van der Waals surface area contributed by atoms with E-state index in [0.717, 1.165) is 46.0 Å². The lowest BCUT2D eigenvalue weighted by atomic mass is 10.1. The summed E-state index contributed by atoms with van der Waals surface area (Å²) in [6.07, 6.45) is 7.71. The number of nitrogens with one attached hydrogen (secondary N) is 4. The Kier molecular flexibility index (Phi) is 8.78. The van der Waals surface area contributed by atoms with Crippen LogP contribution in [0.3, 0.4) is 0 Å². The highest BCUT2D eigenvalue weighted by Crippen LogP contribution is 2.25. The molecule has 0 amide bonds. The fraction of sp³-hybridized carbons (Fsp3) is 0.200. The maximum absolute atomic E-state index is 12.6. The van der Waals surface area contributed by atoms with Crippen molar-refractivity contribution >= 4 is 67.9 Å². The van der Waals surface area contributed by atoms with Gasteiger partial charge >= 0.3 is 0 Å². The molecule has 2 aromatic heterocycles. The van der Waals surface area contributed by atoms with E-state index < -0.39 is 0 Å². The molecule has 0 unspecified atom stereocenters. The fourth-order valence-corrected chi connectivity index (χ4v) is 4.79. The Morgan fingerprint density at radius 1 is 0.575 bits per heavy atom. The van der Waals surface area contributed by atoms with Gasteiger partial charge in [-0.1, -0.05) is 23.2 Å². The van der Waals surface area contributed by atoms with Crippen molar-refractivity contribution in [2.24, 2.45) is 0 Å². The van der Waals surface area contributed by atoms with E-state index in [1.54, 1.807) is 12.4 Å². The van der Waals surface area contributed by atoms with Crippen LogP contribution in [0.5, 0.6) is 0 Å². The molecule has 0 aliphatic heterocycles. The van der Waals surface area contributed by atoms with E-state index in [4.69, 9.17) is 23.2 Å². The molecule has 1 aliphatic rings. The molecule has 4 aromatic rings. The van der Waals surface area contributed by atoms with Gasteiger partial charge in [0.15, 0.2) is 0 Å². The number of anilines is 2. The van der Waals surface area contributed by atoms with Crippen LogP contribution < -0.4 is 21.3 Å². The van der Waals surface area contributed by atoms with E-state index in [-0.39, 0.29) is 11.6 Å². The smallest absolute Gasteiger partial charge is 0.203 e. The summed E-state index contributed by atoms with van der Waals surface area (Å²) in [7, 11) is 0. The zero-order valence-electron chi connectivity index (χ0n) is 21.6. The number of fused-ring (bicyclic) bond motifs is 2. The second-order valence-corrected chi connectivity index (χ2v) is 10.2. The molecule has 4 N–H and O–H groups in total. The van der Waals surface area contributed by atoms with Crippen LogP contribution in [0.2, 0.25) is 10.0 Å². The predicted octanol–water partition coefficient (Wildman–Crippen LogP) is 5.49. The summed E-state index contributed by atoms with van der Waals surface area (Å²) in [4.78, 5) is 33.8. The molecule has 5 rings (SSSR count). The van der Waals surface area contributed by atoms with E-state index in [0.29, 0.717) is 47.6 Å². The van der Waals surface area contributed by atoms with Crippen molar-refractivity contribution in [2.45, 2.75) is 12.8 Å². The van der Waals surface area contributed by atoms with E-state index in [2.05, 4.69) is 31.2 Å². The van der Waals surface area contributed by atoms with Crippen LogP contribution in [0.1, 0.15) is 12.8 Å². The Bertz CT molecular complexity index is 1510. The molecule has 8 nitrogen and oxygen atoms in total. The number of allylic oxidation sites excluding steroid dienone is 2. The van der Waals surface area contributed by atoms with Gasteiger partial charge < -0.3 is 21.3 Å². The third-order valence-electron chi connectivity index (χ3n) is 6.46. The third kappa shape index (κ3) is 6.70. The molecule has 0 saturated carbocycles. The highest BCUT2D eigenvalue weighted by atomic mass is 35.5. The largest absolute Gasteiger partial charge is 0.384 e. The predicted molar refractivity (Wildman–Crippen MR) is 162 cm³/mol. The summed E-state index contributed by atoms with van der Waals surface area (Å²) in [6.45, 7) is 2.46. The van der Waals surface area contributed by atoms with Gasteiger partial charge in [-0.25, -0.2) is 0 Å². The summed E-state index contributed by atoms with van der Waals surface area (Å²) in [5.41, 5.74) is 4.22. The number of rotatable bonds is 12. The van der Waals surface area contributed by atoms with Gasteiger partial charge in [0, 0.05) is 82.9 Å². The quantitative estimate of drug-likeness (QED) is 0.130. The number of nitrogens with zero attached hydrogens (tertiary/aromatic N) is 2. The Hall–Kier alpha value is -4.14. The van der Waals surface area contributed by atoms with Crippen LogP contribution in [-0.2, 0) is 9.59 Å². The highest BCUT2D eigenvalue weighted by Gasteiger charge is 2.19. The number of hydrogen-bond acceptors (Lipinski definition) is 8. The van der Waals surface area contributed by atoms with Crippen LogP contribution in [0, 0.1) is 0 Å².